The average molecular weight is 303 g/mol. The van der Waals surface area contributed by atoms with Gasteiger partial charge in [-0.25, -0.2) is 4.39 Å². The van der Waals surface area contributed by atoms with E-state index in [4.69, 9.17) is 11.6 Å². The van der Waals surface area contributed by atoms with E-state index in [-0.39, 0.29) is 10.6 Å². The van der Waals surface area contributed by atoms with E-state index in [2.05, 4.69) is 0 Å². The van der Waals surface area contributed by atoms with Crippen LogP contribution in [-0.2, 0) is 6.18 Å². The number of hydrogen-bond acceptors (Lipinski definition) is 1. The number of rotatable bonds is 2. The first-order valence-corrected chi connectivity index (χ1v) is 5.82. The summed E-state index contributed by atoms with van der Waals surface area (Å²) < 4.78 is 50.9. The summed E-state index contributed by atoms with van der Waals surface area (Å²) in [5.41, 5.74) is -0.448. The molecule has 0 fully saturated rings. The molecule has 0 bridgehead atoms. The molecule has 0 spiro atoms. The largest absolute Gasteiger partial charge is 0.419 e. The number of benzene rings is 2. The number of hydrogen-bond donors (Lipinski definition) is 0. The zero-order chi connectivity index (χ0) is 14.9. The average Bonchev–Trinajstić information content (AvgIpc) is 2.36. The second-order valence-corrected chi connectivity index (χ2v) is 4.46. The zero-order valence-electron chi connectivity index (χ0n) is 9.84. The van der Waals surface area contributed by atoms with Crippen molar-refractivity contribution in [3.63, 3.8) is 0 Å². The Morgan fingerprint density at radius 1 is 1.05 bits per heavy atom. The van der Waals surface area contributed by atoms with Crippen molar-refractivity contribution in [1.82, 2.24) is 0 Å². The van der Waals surface area contributed by atoms with Gasteiger partial charge in [-0.3, -0.25) is 4.79 Å². The highest BCUT2D eigenvalue weighted by Crippen LogP contribution is 2.35. The summed E-state index contributed by atoms with van der Waals surface area (Å²) in [6.07, 6.45) is -4.16. The van der Waals surface area contributed by atoms with Crippen molar-refractivity contribution in [2.75, 3.05) is 0 Å². The Morgan fingerprint density at radius 3 is 2.25 bits per heavy atom. The van der Waals surface area contributed by atoms with Crippen molar-refractivity contribution >= 4 is 17.9 Å². The van der Waals surface area contributed by atoms with E-state index in [0.29, 0.717) is 23.5 Å². The molecular weight excluding hydrogens is 296 g/mol. The highest BCUT2D eigenvalue weighted by Gasteiger charge is 2.34. The molecule has 0 amide bonds. The fourth-order valence-corrected chi connectivity index (χ4v) is 2.05. The normalized spacial score (nSPS) is 11.4. The molecule has 1 nitrogen and oxygen atoms in total. The van der Waals surface area contributed by atoms with Crippen LogP contribution in [0.4, 0.5) is 17.6 Å². The minimum atomic E-state index is -4.74. The van der Waals surface area contributed by atoms with Gasteiger partial charge in [0.2, 0.25) is 0 Å². The van der Waals surface area contributed by atoms with Crippen LogP contribution in [0.5, 0.6) is 0 Å². The van der Waals surface area contributed by atoms with Crippen LogP contribution >= 0.6 is 11.6 Å². The first kappa shape index (κ1) is 14.5. The smallest absolute Gasteiger partial charge is 0.298 e. The molecule has 20 heavy (non-hydrogen) atoms. The molecular formula is C14H7ClF4O. The maximum atomic E-state index is 13.5. The Labute approximate surface area is 116 Å². The van der Waals surface area contributed by atoms with Crippen LogP contribution in [-0.4, -0.2) is 6.29 Å². The minimum Gasteiger partial charge on any atom is -0.298 e. The van der Waals surface area contributed by atoms with Gasteiger partial charge in [-0.05, 0) is 23.8 Å². The van der Waals surface area contributed by atoms with Gasteiger partial charge in [0.15, 0.2) is 0 Å². The van der Waals surface area contributed by atoms with E-state index in [1.807, 2.05) is 0 Å². The first-order valence-electron chi connectivity index (χ1n) is 5.45. The van der Waals surface area contributed by atoms with E-state index < -0.39 is 17.6 Å². The summed E-state index contributed by atoms with van der Waals surface area (Å²) in [7, 11) is 0. The third kappa shape index (κ3) is 2.82. The highest BCUT2D eigenvalue weighted by molar-refractivity contribution is 6.33. The van der Waals surface area contributed by atoms with Gasteiger partial charge in [0, 0.05) is 16.1 Å². The van der Waals surface area contributed by atoms with Gasteiger partial charge in [0.25, 0.3) is 0 Å². The van der Waals surface area contributed by atoms with Crippen molar-refractivity contribution in [2.45, 2.75) is 6.18 Å². The Hall–Kier alpha value is -1.88. The van der Waals surface area contributed by atoms with Gasteiger partial charge >= 0.3 is 6.18 Å². The van der Waals surface area contributed by atoms with Crippen molar-refractivity contribution < 1.29 is 22.4 Å². The molecule has 0 aromatic heterocycles. The summed E-state index contributed by atoms with van der Waals surface area (Å²) in [5, 5.41) is 0.161. The molecule has 0 aliphatic rings. The molecule has 0 N–H and O–H groups in total. The summed E-state index contributed by atoms with van der Waals surface area (Å²) in [5.74, 6) is -1.37. The predicted octanol–water partition coefficient (Wildman–Crippen LogP) is 4.98. The van der Waals surface area contributed by atoms with E-state index in [1.54, 1.807) is 0 Å². The van der Waals surface area contributed by atoms with Crippen LogP contribution in [0, 0.1) is 5.82 Å². The van der Waals surface area contributed by atoms with Gasteiger partial charge in [-0.2, -0.15) is 13.2 Å². The molecule has 6 heteroatoms. The van der Waals surface area contributed by atoms with Gasteiger partial charge in [0.1, 0.15) is 12.1 Å². The quantitative estimate of drug-likeness (QED) is 0.565. The highest BCUT2D eigenvalue weighted by atomic mass is 35.5. The number of alkyl halides is 3. The van der Waals surface area contributed by atoms with E-state index >= 15 is 0 Å². The molecule has 0 aliphatic heterocycles. The fourth-order valence-electron chi connectivity index (χ4n) is 1.75. The van der Waals surface area contributed by atoms with Crippen molar-refractivity contribution in [3.05, 3.63) is 58.4 Å². The SMILES string of the molecule is O=Cc1ccc(-c2ccc(C(F)(F)F)c(F)c2)c(Cl)c1. The predicted molar refractivity (Wildman–Crippen MR) is 67.2 cm³/mol. The molecule has 104 valence electrons. The Bertz CT molecular complexity index is 665. The van der Waals surface area contributed by atoms with Crippen LogP contribution in [0.2, 0.25) is 5.02 Å². The lowest BCUT2D eigenvalue weighted by Crippen LogP contribution is -2.07. The van der Waals surface area contributed by atoms with Gasteiger partial charge < -0.3 is 0 Å². The molecule has 0 saturated carbocycles. The summed E-state index contributed by atoms with van der Waals surface area (Å²) in [4.78, 5) is 10.6. The number of aldehydes is 1. The molecule has 2 rings (SSSR count). The fraction of sp³-hybridized carbons (Fsp3) is 0.0714. The molecule has 0 atom stereocenters. The van der Waals surface area contributed by atoms with E-state index in [0.717, 1.165) is 12.1 Å². The molecule has 0 unspecified atom stereocenters. The zero-order valence-corrected chi connectivity index (χ0v) is 10.6. The Morgan fingerprint density at radius 2 is 1.75 bits per heavy atom. The van der Waals surface area contributed by atoms with Crippen molar-refractivity contribution in [1.29, 1.82) is 0 Å². The molecule has 0 aliphatic carbocycles. The van der Waals surface area contributed by atoms with Gasteiger partial charge in [0.05, 0.1) is 5.56 Å². The lowest BCUT2D eigenvalue weighted by Gasteiger charge is -2.10. The molecule has 2 aromatic carbocycles. The first-order chi connectivity index (χ1) is 9.32. The number of carbonyl (C=O) groups excluding carboxylic acids is 1. The van der Waals surface area contributed by atoms with Gasteiger partial charge in [-0.15, -0.1) is 0 Å². The monoisotopic (exact) mass is 302 g/mol. The topological polar surface area (TPSA) is 17.1 Å². The van der Waals surface area contributed by atoms with E-state index in [1.165, 1.54) is 18.2 Å². The summed E-state index contributed by atoms with van der Waals surface area (Å²) >= 11 is 5.92. The third-order valence-corrected chi connectivity index (χ3v) is 3.03. The molecule has 0 saturated heterocycles. The minimum absolute atomic E-state index is 0.161. The van der Waals surface area contributed by atoms with Crippen LogP contribution in [0.15, 0.2) is 36.4 Å². The lowest BCUT2D eigenvalue weighted by atomic mass is 10.0. The summed E-state index contributed by atoms with van der Waals surface area (Å²) in [6, 6.07) is 6.82. The van der Waals surface area contributed by atoms with Crippen LogP contribution in [0.1, 0.15) is 15.9 Å². The lowest BCUT2D eigenvalue weighted by molar-refractivity contribution is -0.139. The number of halogens is 5. The third-order valence-electron chi connectivity index (χ3n) is 2.71. The molecule has 0 heterocycles. The van der Waals surface area contributed by atoms with Crippen LogP contribution < -0.4 is 0 Å². The van der Waals surface area contributed by atoms with Gasteiger partial charge in [-0.1, -0.05) is 29.8 Å². The number of carbonyl (C=O) groups is 1. The second-order valence-electron chi connectivity index (χ2n) is 4.05. The van der Waals surface area contributed by atoms with Crippen LogP contribution in [0.25, 0.3) is 11.1 Å². The van der Waals surface area contributed by atoms with E-state index in [9.17, 15) is 22.4 Å². The maximum Gasteiger partial charge on any atom is 0.419 e. The molecule has 2 aromatic rings. The molecule has 0 radical (unpaired) electrons. The van der Waals surface area contributed by atoms with Crippen LogP contribution in [0.3, 0.4) is 0 Å². The summed E-state index contributed by atoms with van der Waals surface area (Å²) in [6.45, 7) is 0. The Balaban J connectivity index is 2.50. The maximum absolute atomic E-state index is 13.5. The Kier molecular flexibility index (Phi) is 3.81. The van der Waals surface area contributed by atoms with Crippen molar-refractivity contribution in [2.24, 2.45) is 0 Å². The van der Waals surface area contributed by atoms with Crippen molar-refractivity contribution in [3.8, 4) is 11.1 Å². The standard InChI is InChI=1S/C14H7ClF4O/c15-12-5-8(7-20)1-3-10(12)9-2-4-11(13(16)6-9)14(17,18)19/h1-7H. The second kappa shape index (κ2) is 5.25.